The molecule has 0 radical (unpaired) electrons. The lowest BCUT2D eigenvalue weighted by Gasteiger charge is -2.14. The molecule has 1 atom stereocenters. The number of amides is 1. The Hall–Kier alpha value is -2.08. The van der Waals surface area contributed by atoms with E-state index in [0.29, 0.717) is 18.5 Å². The summed E-state index contributed by atoms with van der Waals surface area (Å²) in [6, 6.07) is 4.04. The number of hydrogen-bond donors (Lipinski definition) is 2. The van der Waals surface area contributed by atoms with Gasteiger partial charge < -0.3 is 15.0 Å². The average Bonchev–Trinajstić information content (AvgIpc) is 3.00. The van der Waals surface area contributed by atoms with E-state index in [2.05, 4.69) is 10.4 Å². The van der Waals surface area contributed by atoms with Gasteiger partial charge in [-0.05, 0) is 38.3 Å². The summed E-state index contributed by atoms with van der Waals surface area (Å²) >= 11 is 0. The maximum atomic E-state index is 12.5. The molecule has 0 aromatic carbocycles. The van der Waals surface area contributed by atoms with Gasteiger partial charge in [-0.25, -0.2) is 0 Å². The lowest BCUT2D eigenvalue weighted by molar-refractivity contribution is 0.0945. The van der Waals surface area contributed by atoms with Gasteiger partial charge >= 0.3 is 0 Å². The molecule has 6 nitrogen and oxygen atoms in total. The molecule has 2 rings (SSSR count). The van der Waals surface area contributed by atoms with Crippen molar-refractivity contribution in [2.45, 2.75) is 27.2 Å². The summed E-state index contributed by atoms with van der Waals surface area (Å²) in [6.45, 7) is 6.69. The van der Waals surface area contributed by atoms with Crippen molar-refractivity contribution in [2.24, 2.45) is 13.0 Å². The highest BCUT2D eigenvalue weighted by Gasteiger charge is 2.20. The molecule has 0 aliphatic carbocycles. The fraction of sp³-hybridized carbons (Fsp3) is 0.500. The molecule has 0 bridgehead atoms. The van der Waals surface area contributed by atoms with Crippen molar-refractivity contribution in [3.8, 4) is 5.82 Å². The van der Waals surface area contributed by atoms with Gasteiger partial charge in [0.25, 0.3) is 5.91 Å². The first-order chi connectivity index (χ1) is 10.5. The lowest BCUT2D eigenvalue weighted by atomic mass is 10.1. The van der Waals surface area contributed by atoms with Crippen LogP contribution in [0, 0.1) is 19.8 Å². The first-order valence-electron chi connectivity index (χ1n) is 7.52. The fourth-order valence-electron chi connectivity index (χ4n) is 2.54. The van der Waals surface area contributed by atoms with E-state index in [9.17, 15) is 4.79 Å². The zero-order chi connectivity index (χ0) is 16.3. The number of aliphatic hydroxyl groups excluding tert-OH is 1. The number of rotatable bonds is 6. The number of nitrogens with one attached hydrogen (secondary N) is 1. The number of hydrogen-bond acceptors (Lipinski definition) is 3. The molecule has 0 aliphatic heterocycles. The molecule has 0 fully saturated rings. The van der Waals surface area contributed by atoms with Crippen LogP contribution in [0.25, 0.3) is 5.82 Å². The lowest BCUT2D eigenvalue weighted by Crippen LogP contribution is -2.29. The van der Waals surface area contributed by atoms with Crippen LogP contribution in [-0.2, 0) is 7.05 Å². The van der Waals surface area contributed by atoms with Crippen LogP contribution in [0.3, 0.4) is 0 Å². The van der Waals surface area contributed by atoms with Crippen LogP contribution >= 0.6 is 0 Å². The van der Waals surface area contributed by atoms with E-state index in [0.717, 1.165) is 17.2 Å². The van der Waals surface area contributed by atoms with Crippen molar-refractivity contribution < 1.29 is 9.90 Å². The minimum Gasteiger partial charge on any atom is -0.396 e. The first kappa shape index (κ1) is 16.3. The van der Waals surface area contributed by atoms with Crippen LogP contribution in [0.5, 0.6) is 0 Å². The van der Waals surface area contributed by atoms with E-state index in [1.54, 1.807) is 10.9 Å². The standard InChI is InChI=1S/C16H24N4O2/c1-11(7-8-21)9-17-15(22)14-10-18-19(4)16(14)20-12(2)5-6-13(20)3/h5-6,10-11,21H,7-9H2,1-4H3,(H,17,22). The second kappa shape index (κ2) is 6.79. The molecule has 22 heavy (non-hydrogen) atoms. The highest BCUT2D eigenvalue weighted by Crippen LogP contribution is 2.19. The maximum absolute atomic E-state index is 12.5. The third kappa shape index (κ3) is 3.22. The number of aryl methyl sites for hydroxylation is 3. The third-order valence-electron chi connectivity index (χ3n) is 3.87. The van der Waals surface area contributed by atoms with Gasteiger partial charge in [0.1, 0.15) is 11.4 Å². The molecule has 2 aromatic rings. The molecule has 0 spiro atoms. The molecule has 120 valence electrons. The summed E-state index contributed by atoms with van der Waals surface area (Å²) in [6.07, 6.45) is 2.27. The van der Waals surface area contributed by atoms with E-state index >= 15 is 0 Å². The minimum atomic E-state index is -0.139. The van der Waals surface area contributed by atoms with Crippen LogP contribution in [-0.4, -0.2) is 38.5 Å². The second-order valence-corrected chi connectivity index (χ2v) is 5.78. The molecule has 0 aliphatic rings. The Morgan fingerprint density at radius 3 is 2.59 bits per heavy atom. The smallest absolute Gasteiger partial charge is 0.256 e. The van der Waals surface area contributed by atoms with Crippen LogP contribution in [0.2, 0.25) is 0 Å². The van der Waals surface area contributed by atoms with Crippen molar-refractivity contribution in [1.29, 1.82) is 0 Å². The predicted molar refractivity (Wildman–Crippen MR) is 85.2 cm³/mol. The minimum absolute atomic E-state index is 0.136. The molecule has 1 amide bonds. The molecule has 6 heteroatoms. The van der Waals surface area contributed by atoms with Crippen LogP contribution in [0.1, 0.15) is 35.1 Å². The number of nitrogens with zero attached hydrogens (tertiary/aromatic N) is 3. The molecule has 2 aromatic heterocycles. The van der Waals surface area contributed by atoms with Gasteiger partial charge in [-0.2, -0.15) is 5.10 Å². The Kier molecular flexibility index (Phi) is 5.03. The molecule has 1 unspecified atom stereocenters. The number of aromatic nitrogens is 3. The zero-order valence-electron chi connectivity index (χ0n) is 13.6. The molecular formula is C16H24N4O2. The van der Waals surface area contributed by atoms with E-state index < -0.39 is 0 Å². The van der Waals surface area contributed by atoms with Gasteiger partial charge in [0.05, 0.1) is 6.20 Å². The van der Waals surface area contributed by atoms with Gasteiger partial charge in [-0.15, -0.1) is 0 Å². The maximum Gasteiger partial charge on any atom is 0.256 e. The van der Waals surface area contributed by atoms with Crippen LogP contribution in [0.15, 0.2) is 18.3 Å². The third-order valence-corrected chi connectivity index (χ3v) is 3.87. The monoisotopic (exact) mass is 304 g/mol. The predicted octanol–water partition coefficient (Wildman–Crippen LogP) is 1.58. The number of aliphatic hydroxyl groups is 1. The van der Waals surface area contributed by atoms with E-state index in [4.69, 9.17) is 5.11 Å². The van der Waals surface area contributed by atoms with Crippen molar-refractivity contribution in [3.63, 3.8) is 0 Å². The van der Waals surface area contributed by atoms with E-state index in [1.807, 2.05) is 44.5 Å². The molecule has 2 heterocycles. The van der Waals surface area contributed by atoms with Crippen molar-refractivity contribution in [2.75, 3.05) is 13.2 Å². The largest absolute Gasteiger partial charge is 0.396 e. The van der Waals surface area contributed by atoms with Gasteiger partial charge in [-0.3, -0.25) is 9.48 Å². The van der Waals surface area contributed by atoms with Gasteiger partial charge in [0, 0.05) is 31.6 Å². The van der Waals surface area contributed by atoms with Gasteiger partial charge in [-0.1, -0.05) is 6.92 Å². The van der Waals surface area contributed by atoms with Crippen LogP contribution in [0.4, 0.5) is 0 Å². The molecule has 0 saturated carbocycles. The average molecular weight is 304 g/mol. The van der Waals surface area contributed by atoms with Gasteiger partial charge in [0.2, 0.25) is 0 Å². The SMILES string of the molecule is Cc1ccc(C)n1-c1c(C(=O)NCC(C)CCO)cnn1C. The Labute approximate surface area is 130 Å². The summed E-state index contributed by atoms with van der Waals surface area (Å²) in [4.78, 5) is 12.5. The van der Waals surface area contributed by atoms with Crippen molar-refractivity contribution in [3.05, 3.63) is 35.3 Å². The van der Waals surface area contributed by atoms with E-state index in [-0.39, 0.29) is 18.4 Å². The van der Waals surface area contributed by atoms with Crippen molar-refractivity contribution >= 4 is 5.91 Å². The Morgan fingerprint density at radius 1 is 1.36 bits per heavy atom. The fourth-order valence-corrected chi connectivity index (χ4v) is 2.54. The summed E-state index contributed by atoms with van der Waals surface area (Å²) in [5, 5.41) is 16.1. The Morgan fingerprint density at radius 2 is 2.00 bits per heavy atom. The molecule has 0 saturated heterocycles. The normalized spacial score (nSPS) is 12.4. The topological polar surface area (TPSA) is 72.1 Å². The Bertz CT molecular complexity index is 638. The van der Waals surface area contributed by atoms with Gasteiger partial charge in [0.15, 0.2) is 0 Å². The zero-order valence-corrected chi connectivity index (χ0v) is 13.6. The van der Waals surface area contributed by atoms with E-state index in [1.165, 1.54) is 0 Å². The highest BCUT2D eigenvalue weighted by molar-refractivity contribution is 5.97. The summed E-state index contributed by atoms with van der Waals surface area (Å²) in [7, 11) is 1.83. The summed E-state index contributed by atoms with van der Waals surface area (Å²) in [5.41, 5.74) is 2.67. The Balaban J connectivity index is 2.25. The molecule has 2 N–H and O–H groups in total. The first-order valence-corrected chi connectivity index (χ1v) is 7.52. The quantitative estimate of drug-likeness (QED) is 0.851. The highest BCUT2D eigenvalue weighted by atomic mass is 16.3. The van der Waals surface area contributed by atoms with Crippen molar-refractivity contribution in [1.82, 2.24) is 19.7 Å². The number of carbonyl (C=O) groups is 1. The van der Waals surface area contributed by atoms with Crippen LogP contribution < -0.4 is 5.32 Å². The summed E-state index contributed by atoms with van der Waals surface area (Å²) in [5.74, 6) is 0.872. The second-order valence-electron chi connectivity index (χ2n) is 5.78. The molecular weight excluding hydrogens is 280 g/mol. The number of carbonyl (C=O) groups excluding carboxylic acids is 1. The summed E-state index contributed by atoms with van der Waals surface area (Å²) < 4.78 is 3.74.